The Labute approximate surface area is 468 Å². The molecule has 0 bridgehead atoms. The predicted octanol–water partition coefficient (Wildman–Crippen LogP) is 21.5. The molecule has 0 saturated carbocycles. The topological polar surface area (TPSA) is 95.9 Å². The van der Waals surface area contributed by atoms with Gasteiger partial charge in [0.15, 0.2) is 0 Å². The van der Waals surface area contributed by atoms with E-state index in [1.807, 2.05) is 0 Å². The highest BCUT2D eigenvalue weighted by Crippen LogP contribution is 2.18. The SMILES string of the molecule is CCCCCC/C=C\C/C=C\CCCCCCCCCC(=O)OCCCCCCCCCCC/C=C\CCCCCCCCCC(=O)NC(CO)C(O)CCCCCCCCCCCCCCCCCCCCCC. The number of allylic oxidation sites excluding steroid dienone is 6. The Morgan fingerprint density at radius 1 is 0.373 bits per heavy atom. The molecule has 2 unspecified atom stereocenters. The molecule has 0 aromatic heterocycles. The van der Waals surface area contributed by atoms with Gasteiger partial charge in [-0.3, -0.25) is 9.59 Å². The van der Waals surface area contributed by atoms with E-state index in [0.717, 1.165) is 51.4 Å². The largest absolute Gasteiger partial charge is 0.466 e. The summed E-state index contributed by atoms with van der Waals surface area (Å²) >= 11 is 0. The van der Waals surface area contributed by atoms with Crippen LogP contribution in [0.4, 0.5) is 0 Å². The molecule has 0 aliphatic rings. The number of aliphatic hydroxyl groups excluding tert-OH is 2. The van der Waals surface area contributed by atoms with Gasteiger partial charge in [-0.25, -0.2) is 0 Å². The van der Waals surface area contributed by atoms with E-state index < -0.39 is 12.1 Å². The molecule has 6 nitrogen and oxygen atoms in total. The number of unbranched alkanes of at least 4 members (excludes halogenated alkanes) is 46. The molecule has 0 radical (unpaired) electrons. The van der Waals surface area contributed by atoms with Gasteiger partial charge in [0.1, 0.15) is 0 Å². The predicted molar refractivity (Wildman–Crippen MR) is 329 cm³/mol. The second-order valence-corrected chi connectivity index (χ2v) is 23.1. The van der Waals surface area contributed by atoms with Gasteiger partial charge in [0.2, 0.25) is 5.91 Å². The summed E-state index contributed by atoms with van der Waals surface area (Å²) in [6, 6.07) is -0.549. The molecule has 0 aromatic carbocycles. The number of esters is 1. The minimum Gasteiger partial charge on any atom is -0.466 e. The van der Waals surface area contributed by atoms with E-state index in [2.05, 4.69) is 55.6 Å². The number of hydrogen-bond donors (Lipinski definition) is 3. The number of carbonyl (C=O) groups excluding carboxylic acids is 2. The first kappa shape index (κ1) is 73.1. The van der Waals surface area contributed by atoms with Crippen LogP contribution in [0.2, 0.25) is 0 Å². The Kier molecular flexibility index (Phi) is 63.0. The smallest absolute Gasteiger partial charge is 0.305 e. The van der Waals surface area contributed by atoms with Crippen LogP contribution in [0.5, 0.6) is 0 Å². The number of hydrogen-bond acceptors (Lipinski definition) is 5. The van der Waals surface area contributed by atoms with Crippen LogP contribution in [-0.2, 0) is 14.3 Å². The van der Waals surface area contributed by atoms with Gasteiger partial charge in [0, 0.05) is 12.8 Å². The molecule has 1 amide bonds. The Morgan fingerprint density at radius 2 is 0.667 bits per heavy atom. The summed E-state index contributed by atoms with van der Waals surface area (Å²) in [7, 11) is 0. The molecule has 0 spiro atoms. The highest BCUT2D eigenvalue weighted by Gasteiger charge is 2.20. The van der Waals surface area contributed by atoms with E-state index in [9.17, 15) is 19.8 Å². The van der Waals surface area contributed by atoms with Gasteiger partial charge >= 0.3 is 5.97 Å². The van der Waals surface area contributed by atoms with Gasteiger partial charge in [-0.05, 0) is 83.5 Å². The second kappa shape index (κ2) is 64.6. The Balaban J connectivity index is 3.43. The molecule has 0 rings (SSSR count). The highest BCUT2D eigenvalue weighted by atomic mass is 16.5. The summed E-state index contributed by atoms with van der Waals surface area (Å²) in [6.45, 7) is 4.95. The number of aliphatic hydroxyl groups is 2. The van der Waals surface area contributed by atoms with E-state index >= 15 is 0 Å². The maximum absolute atomic E-state index is 12.5. The van der Waals surface area contributed by atoms with E-state index in [-0.39, 0.29) is 18.5 Å². The fraction of sp³-hybridized carbons (Fsp3) is 0.884. The number of amides is 1. The van der Waals surface area contributed by atoms with Gasteiger partial charge in [-0.1, -0.05) is 307 Å². The molecule has 75 heavy (non-hydrogen) atoms. The molecule has 0 aliphatic heterocycles. The Morgan fingerprint density at radius 3 is 1.04 bits per heavy atom. The highest BCUT2D eigenvalue weighted by molar-refractivity contribution is 5.76. The van der Waals surface area contributed by atoms with Crippen molar-refractivity contribution in [3.05, 3.63) is 36.5 Å². The van der Waals surface area contributed by atoms with Gasteiger partial charge in [-0.15, -0.1) is 0 Å². The van der Waals surface area contributed by atoms with Crippen molar-refractivity contribution in [2.75, 3.05) is 13.2 Å². The fourth-order valence-corrected chi connectivity index (χ4v) is 10.5. The summed E-state index contributed by atoms with van der Waals surface area (Å²) in [6.07, 6.45) is 81.6. The molecular weight excluding hydrogens is 923 g/mol. The summed E-state index contributed by atoms with van der Waals surface area (Å²) in [4.78, 5) is 24.6. The third-order valence-electron chi connectivity index (χ3n) is 15.7. The van der Waals surface area contributed by atoms with Crippen LogP contribution in [0.25, 0.3) is 0 Å². The zero-order valence-corrected chi connectivity index (χ0v) is 50.5. The molecule has 2 atom stereocenters. The Bertz CT molecular complexity index is 1210. The van der Waals surface area contributed by atoms with Gasteiger partial charge in [-0.2, -0.15) is 0 Å². The first-order chi connectivity index (χ1) is 37.0. The number of carbonyl (C=O) groups is 2. The zero-order chi connectivity index (χ0) is 54.3. The second-order valence-electron chi connectivity index (χ2n) is 23.1. The van der Waals surface area contributed by atoms with Crippen molar-refractivity contribution in [2.45, 2.75) is 379 Å². The van der Waals surface area contributed by atoms with E-state index in [1.54, 1.807) is 0 Å². The van der Waals surface area contributed by atoms with Crippen molar-refractivity contribution in [1.82, 2.24) is 5.32 Å². The van der Waals surface area contributed by atoms with Crippen LogP contribution in [0.15, 0.2) is 36.5 Å². The number of ether oxygens (including phenoxy) is 1. The monoisotopic (exact) mass is 1050 g/mol. The third kappa shape index (κ3) is 61.2. The maximum Gasteiger partial charge on any atom is 0.305 e. The molecule has 0 saturated heterocycles. The van der Waals surface area contributed by atoms with E-state index in [1.165, 1.54) is 283 Å². The summed E-state index contributed by atoms with van der Waals surface area (Å²) in [5.74, 6) is -0.0412. The summed E-state index contributed by atoms with van der Waals surface area (Å²) in [5.41, 5.74) is 0. The normalized spacial score (nSPS) is 12.7. The number of nitrogens with one attached hydrogen (secondary N) is 1. The van der Waals surface area contributed by atoms with Crippen molar-refractivity contribution in [2.24, 2.45) is 0 Å². The average molecular weight is 1050 g/mol. The average Bonchev–Trinajstić information content (AvgIpc) is 3.41. The first-order valence-electron chi connectivity index (χ1n) is 33.7. The lowest BCUT2D eigenvalue weighted by Crippen LogP contribution is -2.45. The van der Waals surface area contributed by atoms with Crippen LogP contribution in [0.3, 0.4) is 0 Å². The van der Waals surface area contributed by atoms with Crippen LogP contribution in [0.1, 0.15) is 367 Å². The quantitative estimate of drug-likeness (QED) is 0.0320. The minimum absolute atomic E-state index is 0.000511. The third-order valence-corrected chi connectivity index (χ3v) is 15.7. The lowest BCUT2D eigenvalue weighted by Gasteiger charge is -2.22. The van der Waals surface area contributed by atoms with Crippen LogP contribution in [-0.4, -0.2) is 47.4 Å². The molecular formula is C69H131NO5. The minimum atomic E-state index is -0.671. The summed E-state index contributed by atoms with van der Waals surface area (Å²) in [5, 5.41) is 23.4. The molecule has 6 heteroatoms. The molecule has 0 heterocycles. The van der Waals surface area contributed by atoms with Gasteiger partial charge < -0.3 is 20.3 Å². The standard InChI is InChI=1S/C69H131NO5/c1-3-5-7-9-11-13-15-17-19-21-23-26-29-33-37-41-45-49-53-57-61-67(72)66(65-71)70-68(73)62-58-54-50-46-42-38-34-30-27-24-25-28-32-36-40-44-48-52-56-60-64-75-69(74)63-59-55-51-47-43-39-35-31-22-20-18-16-14-12-10-8-6-4-2/h14,16,20,22,24,27,66-67,71-72H,3-13,15,17-19,21,23,25-26,28-65H2,1-2H3,(H,70,73)/b16-14-,22-20-,27-24-. The van der Waals surface area contributed by atoms with Gasteiger partial charge in [0.05, 0.1) is 25.4 Å². The molecule has 0 aromatic rings. The number of rotatable bonds is 63. The lowest BCUT2D eigenvalue weighted by molar-refractivity contribution is -0.143. The van der Waals surface area contributed by atoms with Crippen molar-refractivity contribution < 1.29 is 24.5 Å². The molecule has 0 fully saturated rings. The first-order valence-corrected chi connectivity index (χ1v) is 33.7. The van der Waals surface area contributed by atoms with Gasteiger partial charge in [0.25, 0.3) is 0 Å². The molecule has 0 aliphatic carbocycles. The van der Waals surface area contributed by atoms with Crippen LogP contribution in [0, 0.1) is 0 Å². The van der Waals surface area contributed by atoms with Crippen LogP contribution < -0.4 is 5.32 Å². The van der Waals surface area contributed by atoms with Crippen molar-refractivity contribution in [3.8, 4) is 0 Å². The molecule has 442 valence electrons. The van der Waals surface area contributed by atoms with Crippen LogP contribution >= 0.6 is 0 Å². The zero-order valence-electron chi connectivity index (χ0n) is 50.5. The van der Waals surface area contributed by atoms with E-state index in [4.69, 9.17) is 4.74 Å². The van der Waals surface area contributed by atoms with Crippen molar-refractivity contribution in [3.63, 3.8) is 0 Å². The van der Waals surface area contributed by atoms with Crippen molar-refractivity contribution >= 4 is 11.9 Å². The lowest BCUT2D eigenvalue weighted by atomic mass is 10.0. The fourth-order valence-electron chi connectivity index (χ4n) is 10.5. The summed E-state index contributed by atoms with van der Waals surface area (Å²) < 4.78 is 5.49. The molecule has 3 N–H and O–H groups in total. The Hall–Kier alpha value is -1.92. The maximum atomic E-state index is 12.5. The van der Waals surface area contributed by atoms with E-state index in [0.29, 0.717) is 25.9 Å². The van der Waals surface area contributed by atoms with Crippen molar-refractivity contribution in [1.29, 1.82) is 0 Å².